The summed E-state index contributed by atoms with van der Waals surface area (Å²) >= 11 is 0. The molecule has 136 valence electrons. The van der Waals surface area contributed by atoms with Gasteiger partial charge in [0, 0.05) is 11.6 Å². The van der Waals surface area contributed by atoms with Crippen LogP contribution < -0.4 is 15.6 Å². The quantitative estimate of drug-likeness (QED) is 0.627. The maximum absolute atomic E-state index is 13.8. The Bertz CT molecular complexity index is 810. The van der Waals surface area contributed by atoms with Crippen LogP contribution in [-0.4, -0.2) is 31.0 Å². The number of ether oxygens (including phenoxy) is 2. The van der Waals surface area contributed by atoms with Crippen molar-refractivity contribution in [3.8, 4) is 5.75 Å². The van der Waals surface area contributed by atoms with E-state index in [1.54, 1.807) is 30.3 Å². The normalized spacial score (nSPS) is 11.2. The van der Waals surface area contributed by atoms with Gasteiger partial charge < -0.3 is 9.47 Å². The van der Waals surface area contributed by atoms with Gasteiger partial charge in [0.15, 0.2) is 6.10 Å². The number of carbonyl (C=O) groups is 3. The molecule has 1 atom stereocenters. The summed E-state index contributed by atoms with van der Waals surface area (Å²) in [5, 5.41) is 0. The van der Waals surface area contributed by atoms with E-state index in [2.05, 4.69) is 10.9 Å². The summed E-state index contributed by atoms with van der Waals surface area (Å²) in [7, 11) is 1.36. The molecule has 8 heteroatoms. The highest BCUT2D eigenvalue weighted by Gasteiger charge is 2.22. The zero-order chi connectivity index (χ0) is 19.1. The van der Waals surface area contributed by atoms with Crippen LogP contribution in [0.1, 0.15) is 27.6 Å². The highest BCUT2D eigenvalue weighted by Crippen LogP contribution is 2.17. The minimum absolute atomic E-state index is 0.244. The lowest BCUT2D eigenvalue weighted by molar-refractivity contribution is -0.129. The summed E-state index contributed by atoms with van der Waals surface area (Å²) in [6, 6.07) is 11.8. The molecule has 2 aromatic carbocycles. The lowest BCUT2D eigenvalue weighted by Crippen LogP contribution is -2.46. The van der Waals surface area contributed by atoms with Gasteiger partial charge in [0.1, 0.15) is 11.6 Å². The fraction of sp³-hybridized carbons (Fsp3) is 0.167. The van der Waals surface area contributed by atoms with Gasteiger partial charge >= 0.3 is 5.97 Å². The highest BCUT2D eigenvalue weighted by atomic mass is 19.1. The zero-order valence-electron chi connectivity index (χ0n) is 14.1. The molecule has 0 heterocycles. The Morgan fingerprint density at radius 3 is 2.35 bits per heavy atom. The highest BCUT2D eigenvalue weighted by molar-refractivity contribution is 5.96. The number of hydrogen-bond donors (Lipinski definition) is 2. The van der Waals surface area contributed by atoms with Gasteiger partial charge in [-0.25, -0.2) is 9.18 Å². The van der Waals surface area contributed by atoms with E-state index in [-0.39, 0.29) is 11.3 Å². The largest absolute Gasteiger partial charge is 0.497 e. The van der Waals surface area contributed by atoms with E-state index in [1.165, 1.54) is 26.2 Å². The average molecular weight is 360 g/mol. The first-order valence-electron chi connectivity index (χ1n) is 7.62. The van der Waals surface area contributed by atoms with Crippen molar-refractivity contribution in [2.24, 2.45) is 0 Å². The second kappa shape index (κ2) is 8.61. The van der Waals surface area contributed by atoms with Crippen molar-refractivity contribution in [2.75, 3.05) is 7.11 Å². The third-order valence-electron chi connectivity index (χ3n) is 3.38. The number of rotatable bonds is 5. The minimum Gasteiger partial charge on any atom is -0.497 e. The van der Waals surface area contributed by atoms with Gasteiger partial charge in [-0.05, 0) is 31.2 Å². The molecule has 0 saturated heterocycles. The van der Waals surface area contributed by atoms with Crippen LogP contribution in [0.4, 0.5) is 4.39 Å². The van der Waals surface area contributed by atoms with Crippen molar-refractivity contribution in [1.82, 2.24) is 10.9 Å². The van der Waals surface area contributed by atoms with Crippen molar-refractivity contribution in [3.63, 3.8) is 0 Å². The monoisotopic (exact) mass is 360 g/mol. The second-order valence-electron chi connectivity index (χ2n) is 5.20. The predicted octanol–water partition coefficient (Wildman–Crippen LogP) is 1.84. The van der Waals surface area contributed by atoms with Crippen molar-refractivity contribution in [3.05, 3.63) is 65.5 Å². The Kier molecular flexibility index (Phi) is 6.26. The van der Waals surface area contributed by atoms with E-state index in [9.17, 15) is 18.8 Å². The number of amides is 2. The van der Waals surface area contributed by atoms with E-state index in [1.807, 2.05) is 0 Å². The molecular weight excluding hydrogens is 343 g/mol. The molecule has 2 N–H and O–H groups in total. The van der Waals surface area contributed by atoms with Gasteiger partial charge in [-0.1, -0.05) is 18.2 Å². The molecule has 2 rings (SSSR count). The van der Waals surface area contributed by atoms with Gasteiger partial charge in [-0.2, -0.15) is 0 Å². The second-order valence-corrected chi connectivity index (χ2v) is 5.20. The maximum Gasteiger partial charge on any atom is 0.341 e. The molecule has 0 spiro atoms. The minimum atomic E-state index is -1.25. The van der Waals surface area contributed by atoms with Gasteiger partial charge in [-0.15, -0.1) is 0 Å². The summed E-state index contributed by atoms with van der Waals surface area (Å²) in [5.74, 6) is -2.90. The average Bonchev–Trinajstić information content (AvgIpc) is 2.66. The molecule has 0 unspecified atom stereocenters. The van der Waals surface area contributed by atoms with E-state index >= 15 is 0 Å². The lowest BCUT2D eigenvalue weighted by atomic mass is 10.2. The van der Waals surface area contributed by atoms with E-state index in [0.29, 0.717) is 5.56 Å². The molecule has 2 amide bonds. The van der Waals surface area contributed by atoms with Crippen LogP contribution in [0, 0.1) is 5.82 Å². The third-order valence-corrected chi connectivity index (χ3v) is 3.38. The topological polar surface area (TPSA) is 93.7 Å². The number of esters is 1. The summed E-state index contributed by atoms with van der Waals surface area (Å²) in [5.41, 5.74) is 4.35. The molecular formula is C18H17FN2O5. The van der Waals surface area contributed by atoms with E-state index in [4.69, 9.17) is 9.47 Å². The fourth-order valence-electron chi connectivity index (χ4n) is 1.95. The summed E-state index contributed by atoms with van der Waals surface area (Å²) in [6.45, 7) is 1.29. The maximum atomic E-state index is 13.8. The first kappa shape index (κ1) is 18.9. The molecule has 0 radical (unpaired) electrons. The van der Waals surface area contributed by atoms with E-state index < -0.39 is 29.7 Å². The zero-order valence-corrected chi connectivity index (χ0v) is 14.1. The van der Waals surface area contributed by atoms with Crippen molar-refractivity contribution >= 4 is 17.8 Å². The Morgan fingerprint density at radius 1 is 1.04 bits per heavy atom. The molecule has 0 saturated carbocycles. The van der Waals surface area contributed by atoms with Crippen molar-refractivity contribution in [1.29, 1.82) is 0 Å². The van der Waals surface area contributed by atoms with Crippen LogP contribution in [0.15, 0.2) is 48.5 Å². The molecule has 0 fully saturated rings. The Morgan fingerprint density at radius 2 is 1.73 bits per heavy atom. The van der Waals surface area contributed by atoms with Gasteiger partial charge in [-0.3, -0.25) is 20.4 Å². The molecule has 2 aromatic rings. The van der Waals surface area contributed by atoms with Gasteiger partial charge in [0.25, 0.3) is 11.8 Å². The van der Waals surface area contributed by atoms with Gasteiger partial charge in [0.2, 0.25) is 0 Å². The van der Waals surface area contributed by atoms with Crippen LogP contribution in [-0.2, 0) is 9.53 Å². The van der Waals surface area contributed by atoms with Crippen molar-refractivity contribution in [2.45, 2.75) is 13.0 Å². The smallest absolute Gasteiger partial charge is 0.341 e. The summed E-state index contributed by atoms with van der Waals surface area (Å²) < 4.78 is 23.6. The number of methoxy groups -OCH3 is 1. The molecule has 0 aliphatic rings. The van der Waals surface area contributed by atoms with Crippen molar-refractivity contribution < 1.29 is 28.2 Å². The number of benzene rings is 2. The predicted molar refractivity (Wildman–Crippen MR) is 89.9 cm³/mol. The SMILES string of the molecule is COc1ccc(C(=O)O[C@@H](C)C(=O)NNC(=O)c2ccccc2)c(F)c1. The number of hydrazine groups is 1. The molecule has 26 heavy (non-hydrogen) atoms. The fourth-order valence-corrected chi connectivity index (χ4v) is 1.95. The third kappa shape index (κ3) is 4.79. The molecule has 0 aliphatic heterocycles. The first-order valence-corrected chi connectivity index (χ1v) is 7.62. The molecule has 0 bridgehead atoms. The summed E-state index contributed by atoms with van der Waals surface area (Å²) in [6.07, 6.45) is -1.25. The Labute approximate surface area is 149 Å². The van der Waals surface area contributed by atoms with Crippen LogP contribution in [0.2, 0.25) is 0 Å². The molecule has 7 nitrogen and oxygen atoms in total. The van der Waals surface area contributed by atoms with Crippen LogP contribution in [0.25, 0.3) is 0 Å². The number of nitrogens with one attached hydrogen (secondary N) is 2. The number of hydrogen-bond acceptors (Lipinski definition) is 5. The van der Waals surface area contributed by atoms with Crippen LogP contribution in [0.5, 0.6) is 5.75 Å². The van der Waals surface area contributed by atoms with Crippen LogP contribution >= 0.6 is 0 Å². The standard InChI is InChI=1S/C18H17FN2O5/c1-11(16(22)20-21-17(23)12-6-4-3-5-7-12)26-18(24)14-9-8-13(25-2)10-15(14)19/h3-11H,1-2H3,(H,20,22)(H,21,23)/t11-/m0/s1. The number of halogens is 1. The Hall–Kier alpha value is -3.42. The molecule has 0 aliphatic carbocycles. The van der Waals surface area contributed by atoms with E-state index in [0.717, 1.165) is 6.07 Å². The lowest BCUT2D eigenvalue weighted by Gasteiger charge is -2.14. The van der Waals surface area contributed by atoms with Gasteiger partial charge in [0.05, 0.1) is 12.7 Å². The first-order chi connectivity index (χ1) is 12.4. The van der Waals surface area contributed by atoms with Crippen LogP contribution in [0.3, 0.4) is 0 Å². The molecule has 0 aromatic heterocycles. The summed E-state index contributed by atoms with van der Waals surface area (Å²) in [4.78, 5) is 35.7. The number of carbonyl (C=O) groups excluding carboxylic acids is 3. The Balaban J connectivity index is 1.90.